The van der Waals surface area contributed by atoms with E-state index in [2.05, 4.69) is 0 Å². The molecule has 0 saturated carbocycles. The first-order chi connectivity index (χ1) is 0. The minimum atomic E-state index is 0. The van der Waals surface area contributed by atoms with Gasteiger partial charge in [0, 0.05) is 77.2 Å². The molecule has 0 aliphatic rings. The van der Waals surface area contributed by atoms with Crippen molar-refractivity contribution in [3.8, 4) is 0 Å². The smallest absolute Gasteiger partial charge is 0 e. The molecule has 0 saturated heterocycles. The summed E-state index contributed by atoms with van der Waals surface area (Å²) in [5.74, 6) is 0. The van der Waals surface area contributed by atoms with Crippen LogP contribution in [0, 0.1) is 77.2 Å². The summed E-state index contributed by atoms with van der Waals surface area (Å²) in [5.41, 5.74) is 0. The molecule has 0 rings (SSSR count). The summed E-state index contributed by atoms with van der Waals surface area (Å²) in [6.45, 7) is 0. The van der Waals surface area contributed by atoms with Gasteiger partial charge in [0.05, 0.1) is 0 Å². The van der Waals surface area contributed by atoms with Crippen molar-refractivity contribution in [1.82, 2.24) is 0 Å². The van der Waals surface area contributed by atoms with Gasteiger partial charge in [-0.15, -0.1) is 0 Å². The quantitative estimate of drug-likeness (QED) is 0.501. The normalized spacial score (nSPS) is 0. The molecule has 0 spiro atoms. The Morgan fingerprint density at radius 1 is 0.500 bits per heavy atom. The van der Waals surface area contributed by atoms with E-state index in [0.717, 1.165) is 0 Å². The molecule has 0 amide bonds. The fourth-order valence-corrected chi connectivity index (χ4v) is 0. The monoisotopic (exact) mass is 354 g/mol. The van der Waals surface area contributed by atoms with Crippen molar-refractivity contribution in [2.45, 2.75) is 0 Å². The van der Waals surface area contributed by atoms with Gasteiger partial charge in [-0.1, -0.05) is 0 Å². The average Bonchev–Trinajstić information content (AvgIpc) is 0. The molecule has 0 aromatic carbocycles. The molecule has 0 aromatic rings. The minimum absolute atomic E-state index is 0. The first-order valence-electron chi connectivity index (χ1n) is 0. The maximum Gasteiger partial charge on any atom is 0 e. The van der Waals surface area contributed by atoms with Crippen LogP contribution in [0.4, 0.5) is 0 Å². The summed E-state index contributed by atoms with van der Waals surface area (Å²) < 4.78 is 0. The molecule has 2 radical (unpaired) electrons. The van der Waals surface area contributed by atoms with E-state index in [1.54, 1.807) is 0 Å². The van der Waals surface area contributed by atoms with E-state index in [4.69, 9.17) is 0 Å². The van der Waals surface area contributed by atoms with Crippen molar-refractivity contribution >= 4 is 0 Å². The van der Waals surface area contributed by atoms with Crippen LogP contribution in [0.1, 0.15) is 0 Å². The second kappa shape index (κ2) is 17.8. The zero-order valence-corrected chi connectivity index (χ0v) is 5.94. The molecule has 4 heavy (non-hydrogen) atoms. The minimum Gasteiger partial charge on any atom is -0.412 e. The van der Waals surface area contributed by atoms with Gasteiger partial charge < -0.3 is 11.0 Å². The van der Waals surface area contributed by atoms with Crippen LogP contribution in [0.3, 0.4) is 0 Å². The zero-order chi connectivity index (χ0) is 0. The maximum atomic E-state index is 0. The average molecular weight is 354 g/mol. The van der Waals surface area contributed by atoms with Crippen LogP contribution in [0.5, 0.6) is 0 Å². The van der Waals surface area contributed by atoms with Gasteiger partial charge in [0.15, 0.2) is 0 Å². The molecule has 34 valence electrons. The van der Waals surface area contributed by atoms with Crippen molar-refractivity contribution in [2.24, 2.45) is 0 Å². The van der Waals surface area contributed by atoms with Gasteiger partial charge in [-0.3, -0.25) is 0 Å². The van der Waals surface area contributed by atoms with E-state index in [9.17, 15) is 0 Å². The summed E-state index contributed by atoms with van der Waals surface area (Å²) in [5, 5.41) is 0. The molecule has 0 heterocycles. The van der Waals surface area contributed by atoms with Gasteiger partial charge in [0.1, 0.15) is 0 Å². The molecule has 0 aliphatic heterocycles. The Bertz CT molecular complexity index is 4.00. The molecule has 0 aliphatic carbocycles. The van der Waals surface area contributed by atoms with E-state index in [-0.39, 0.29) is 88.2 Å². The van der Waals surface area contributed by atoms with Gasteiger partial charge in [-0.25, -0.2) is 0 Å². The second-order valence-corrected chi connectivity index (χ2v) is 0. The van der Waals surface area contributed by atoms with Crippen LogP contribution in [0.25, 0.3) is 0 Å². The summed E-state index contributed by atoms with van der Waals surface area (Å²) in [7, 11) is 0. The zero-order valence-electron chi connectivity index (χ0n) is 1.67. The third kappa shape index (κ3) is 8.82. The van der Waals surface area contributed by atoms with Crippen LogP contribution in [0.15, 0.2) is 0 Å². The SMILES string of the molecule is O.O.[Tb].[Tb]. The van der Waals surface area contributed by atoms with Gasteiger partial charge in [-0.05, 0) is 0 Å². The first-order valence-corrected chi connectivity index (χ1v) is 0. The fourth-order valence-electron chi connectivity index (χ4n) is 0. The van der Waals surface area contributed by atoms with Crippen LogP contribution < -0.4 is 0 Å². The molecular formula is H4O2Tb2. The molecule has 0 bridgehead atoms. The molecular weight excluding hydrogens is 350 g/mol. The molecule has 0 aromatic heterocycles. The topological polar surface area (TPSA) is 63.0 Å². The molecule has 0 unspecified atom stereocenters. The van der Waals surface area contributed by atoms with Crippen LogP contribution in [-0.2, 0) is 0 Å². The number of hydrogen-bond donors (Lipinski definition) is 0. The Morgan fingerprint density at radius 3 is 0.500 bits per heavy atom. The summed E-state index contributed by atoms with van der Waals surface area (Å²) in [6.07, 6.45) is 0. The Morgan fingerprint density at radius 2 is 0.500 bits per heavy atom. The van der Waals surface area contributed by atoms with Gasteiger partial charge in [0.2, 0.25) is 0 Å². The van der Waals surface area contributed by atoms with Crippen molar-refractivity contribution in [3.63, 3.8) is 0 Å². The standard InChI is InChI=1S/2H2O.2Tb/h2*1H2;;. The van der Waals surface area contributed by atoms with E-state index >= 15 is 0 Å². The molecule has 2 nitrogen and oxygen atoms in total. The summed E-state index contributed by atoms with van der Waals surface area (Å²) in [4.78, 5) is 0. The van der Waals surface area contributed by atoms with Crippen LogP contribution in [-0.4, -0.2) is 11.0 Å². The van der Waals surface area contributed by atoms with Crippen molar-refractivity contribution in [2.75, 3.05) is 0 Å². The van der Waals surface area contributed by atoms with Crippen molar-refractivity contribution in [1.29, 1.82) is 0 Å². The third-order valence-corrected chi connectivity index (χ3v) is 0. The number of hydrogen-bond acceptors (Lipinski definition) is 0. The Balaban J connectivity index is 0. The molecule has 0 fully saturated rings. The predicted octanol–water partition coefficient (Wildman–Crippen LogP) is -1.65. The van der Waals surface area contributed by atoms with Crippen LogP contribution in [0.2, 0.25) is 0 Å². The largest absolute Gasteiger partial charge is 0.412 e. The van der Waals surface area contributed by atoms with E-state index in [1.807, 2.05) is 0 Å². The van der Waals surface area contributed by atoms with Gasteiger partial charge in [0.25, 0.3) is 0 Å². The molecule has 4 N–H and O–H groups in total. The van der Waals surface area contributed by atoms with E-state index < -0.39 is 0 Å². The Kier molecular flexibility index (Phi) is 141. The van der Waals surface area contributed by atoms with Gasteiger partial charge in [-0.2, -0.15) is 0 Å². The summed E-state index contributed by atoms with van der Waals surface area (Å²) in [6, 6.07) is 0. The third-order valence-electron chi connectivity index (χ3n) is 0. The van der Waals surface area contributed by atoms with E-state index in [0.29, 0.717) is 0 Å². The fraction of sp³-hybridized carbons (Fsp3) is 0. The summed E-state index contributed by atoms with van der Waals surface area (Å²) >= 11 is 0. The van der Waals surface area contributed by atoms with E-state index in [1.165, 1.54) is 0 Å². The number of rotatable bonds is 0. The Hall–Kier alpha value is 2.49. The molecule has 0 atom stereocenters. The second-order valence-electron chi connectivity index (χ2n) is 0. The predicted molar refractivity (Wildman–Crippen MR) is 7.23 cm³/mol. The first kappa shape index (κ1) is 31.5. The molecule has 4 heteroatoms. The van der Waals surface area contributed by atoms with Crippen LogP contribution >= 0.6 is 0 Å². The van der Waals surface area contributed by atoms with Crippen molar-refractivity contribution in [3.05, 3.63) is 0 Å². The van der Waals surface area contributed by atoms with Crippen molar-refractivity contribution < 1.29 is 88.2 Å². The van der Waals surface area contributed by atoms with Gasteiger partial charge >= 0.3 is 0 Å². The maximum absolute atomic E-state index is 0. The Labute approximate surface area is 86.2 Å².